The number of fused-ring (bicyclic) bond motifs is 1. The van der Waals surface area contributed by atoms with Crippen molar-refractivity contribution in [1.82, 2.24) is 35.1 Å². The molecule has 3 heterocycles. The van der Waals surface area contributed by atoms with Gasteiger partial charge in [0.1, 0.15) is 24.8 Å². The lowest BCUT2D eigenvalue weighted by Crippen LogP contribution is -2.43. The second-order valence-corrected chi connectivity index (χ2v) is 11.6. The number of hydrogen-bond acceptors (Lipinski definition) is 12. The van der Waals surface area contributed by atoms with Gasteiger partial charge in [-0.05, 0) is 33.1 Å². The van der Waals surface area contributed by atoms with Gasteiger partial charge in [-0.3, -0.25) is 14.2 Å². The monoisotopic (exact) mass is 570 g/mol. The van der Waals surface area contributed by atoms with E-state index >= 15 is 0 Å². The lowest BCUT2D eigenvalue weighted by atomic mass is 10.3. The average molecular weight is 571 g/mol. The summed E-state index contributed by atoms with van der Waals surface area (Å²) in [5, 5.41) is 13.7. The molecule has 2 aromatic rings. The van der Waals surface area contributed by atoms with Crippen LogP contribution in [0.4, 0.5) is 5.82 Å². The van der Waals surface area contributed by atoms with Crippen molar-refractivity contribution in [2.24, 2.45) is 0 Å². The van der Waals surface area contributed by atoms with Crippen molar-refractivity contribution in [3.05, 3.63) is 6.33 Å². The third-order valence-corrected chi connectivity index (χ3v) is 8.08. The molecule has 0 radical (unpaired) electrons. The maximum atomic E-state index is 13.9. The summed E-state index contributed by atoms with van der Waals surface area (Å²) in [5.74, 6) is -0.903. The normalized spacial score (nSPS) is 19.2. The van der Waals surface area contributed by atoms with Crippen LogP contribution in [0.15, 0.2) is 6.33 Å². The van der Waals surface area contributed by atoms with Crippen molar-refractivity contribution < 1.29 is 33.1 Å². The molecule has 15 nitrogen and oxygen atoms in total. The number of anilines is 1. The summed E-state index contributed by atoms with van der Waals surface area (Å²) in [6.07, 6.45) is 3.86. The van der Waals surface area contributed by atoms with Gasteiger partial charge < -0.3 is 24.7 Å². The standard InChI is InChI=1S/C23H39N8O7P/c1-5-7-11-35-22(32)15(3)28-39(34,29-16(4)23(33)36-12-8-6-2)14-37-18-10-9-17(38-18)31-21-19(27-30-31)20(24)25-13-26-21/h13,15-18H,5-12,14H2,1-4H3,(H2,24,25,26)(H2,28,29,34)/t15-,16-,17+,18-/m0/s1. The number of ether oxygens (including phenoxy) is 4. The van der Waals surface area contributed by atoms with Crippen LogP contribution in [0, 0.1) is 0 Å². The van der Waals surface area contributed by atoms with Gasteiger partial charge in [0, 0.05) is 6.42 Å². The van der Waals surface area contributed by atoms with Gasteiger partial charge in [-0.2, -0.15) is 4.68 Å². The van der Waals surface area contributed by atoms with Gasteiger partial charge in [0.05, 0.1) is 13.2 Å². The molecule has 0 aromatic carbocycles. The van der Waals surface area contributed by atoms with Crippen LogP contribution in [0.5, 0.6) is 0 Å². The highest BCUT2D eigenvalue weighted by Gasteiger charge is 2.36. The van der Waals surface area contributed by atoms with E-state index in [1.165, 1.54) is 11.0 Å². The number of aromatic nitrogens is 5. The van der Waals surface area contributed by atoms with Crippen molar-refractivity contribution in [1.29, 1.82) is 0 Å². The Balaban J connectivity index is 1.64. The number of carbonyl (C=O) groups excluding carboxylic acids is 2. The van der Waals surface area contributed by atoms with Crippen LogP contribution in [0.3, 0.4) is 0 Å². The molecular formula is C23H39N8O7P. The first kappa shape index (κ1) is 30.8. The predicted octanol–water partition coefficient (Wildman–Crippen LogP) is 2.25. The predicted molar refractivity (Wildman–Crippen MR) is 141 cm³/mol. The van der Waals surface area contributed by atoms with Crippen LogP contribution in [0.1, 0.15) is 72.4 Å². The summed E-state index contributed by atoms with van der Waals surface area (Å²) < 4.78 is 37.7. The Hall–Kier alpha value is -2.71. The second kappa shape index (κ2) is 14.6. The van der Waals surface area contributed by atoms with Crippen LogP contribution in [-0.4, -0.2) is 74.8 Å². The van der Waals surface area contributed by atoms with Crippen molar-refractivity contribution in [2.75, 3.05) is 25.3 Å². The molecule has 3 rings (SSSR count). The summed E-state index contributed by atoms with van der Waals surface area (Å²) in [6, 6.07) is -1.84. The summed E-state index contributed by atoms with van der Waals surface area (Å²) in [5.41, 5.74) is 6.63. The van der Waals surface area contributed by atoms with Gasteiger partial charge in [0.25, 0.3) is 0 Å². The zero-order chi connectivity index (χ0) is 28.4. The molecule has 0 aliphatic carbocycles. The fourth-order valence-electron chi connectivity index (χ4n) is 3.78. The Labute approximate surface area is 227 Å². The third kappa shape index (κ3) is 8.64. The molecular weight excluding hydrogens is 531 g/mol. The van der Waals surface area contributed by atoms with Gasteiger partial charge >= 0.3 is 11.9 Å². The number of unbranched alkanes of at least 4 members (excludes halogenated alkanes) is 2. The Morgan fingerprint density at radius 1 is 1.10 bits per heavy atom. The molecule has 0 bridgehead atoms. The van der Waals surface area contributed by atoms with Crippen LogP contribution in [0.2, 0.25) is 0 Å². The fraction of sp³-hybridized carbons (Fsp3) is 0.739. The molecule has 0 spiro atoms. The molecule has 2 aromatic heterocycles. The van der Waals surface area contributed by atoms with Crippen molar-refractivity contribution in [3.8, 4) is 0 Å². The van der Waals surface area contributed by atoms with E-state index in [2.05, 4.69) is 30.5 Å². The average Bonchev–Trinajstić information content (AvgIpc) is 3.55. The molecule has 0 unspecified atom stereocenters. The summed E-state index contributed by atoms with van der Waals surface area (Å²) in [6.45, 7) is 7.57. The number of nitrogens with zero attached hydrogens (tertiary/aromatic N) is 5. The smallest absolute Gasteiger partial charge is 0.323 e. The highest BCUT2D eigenvalue weighted by molar-refractivity contribution is 7.59. The maximum absolute atomic E-state index is 13.9. The number of esters is 2. The maximum Gasteiger partial charge on any atom is 0.323 e. The number of hydrogen-bond donors (Lipinski definition) is 3. The number of carbonyl (C=O) groups is 2. The van der Waals surface area contributed by atoms with E-state index in [0.717, 1.165) is 25.7 Å². The Morgan fingerprint density at radius 2 is 1.72 bits per heavy atom. The summed E-state index contributed by atoms with van der Waals surface area (Å²) >= 11 is 0. The van der Waals surface area contributed by atoms with E-state index in [9.17, 15) is 14.2 Å². The topological polar surface area (TPSA) is 195 Å². The van der Waals surface area contributed by atoms with Crippen molar-refractivity contribution in [2.45, 2.75) is 90.8 Å². The number of nitrogens with two attached hydrogens (primary N) is 1. The zero-order valence-corrected chi connectivity index (χ0v) is 23.8. The van der Waals surface area contributed by atoms with E-state index in [0.29, 0.717) is 24.0 Å². The largest absolute Gasteiger partial charge is 0.465 e. The number of rotatable bonds is 16. The van der Waals surface area contributed by atoms with Gasteiger partial charge in [-0.25, -0.2) is 20.1 Å². The van der Waals surface area contributed by atoms with Gasteiger partial charge in [0.2, 0.25) is 7.44 Å². The van der Waals surface area contributed by atoms with E-state index in [-0.39, 0.29) is 25.4 Å². The molecule has 16 heteroatoms. The van der Waals surface area contributed by atoms with E-state index in [4.69, 9.17) is 24.7 Å². The molecule has 1 aliphatic rings. The van der Waals surface area contributed by atoms with Crippen LogP contribution >= 0.6 is 7.44 Å². The van der Waals surface area contributed by atoms with Gasteiger partial charge in [0.15, 0.2) is 29.5 Å². The first-order chi connectivity index (χ1) is 18.7. The Morgan fingerprint density at radius 3 is 2.31 bits per heavy atom. The molecule has 1 saturated heterocycles. The minimum absolute atomic E-state index is 0.208. The van der Waals surface area contributed by atoms with Crippen LogP contribution < -0.4 is 15.9 Å². The molecule has 4 N–H and O–H groups in total. The van der Waals surface area contributed by atoms with E-state index in [1.54, 1.807) is 13.8 Å². The van der Waals surface area contributed by atoms with Gasteiger partial charge in [-0.1, -0.05) is 31.9 Å². The van der Waals surface area contributed by atoms with Crippen LogP contribution in [-0.2, 0) is 33.1 Å². The lowest BCUT2D eigenvalue weighted by Gasteiger charge is -2.27. The molecule has 0 amide bonds. The van der Waals surface area contributed by atoms with Crippen molar-refractivity contribution in [3.63, 3.8) is 0 Å². The third-order valence-electron chi connectivity index (χ3n) is 5.96. The van der Waals surface area contributed by atoms with Crippen LogP contribution in [0.25, 0.3) is 11.2 Å². The second-order valence-electron chi connectivity index (χ2n) is 9.34. The first-order valence-electron chi connectivity index (χ1n) is 13.2. The Kier molecular flexibility index (Phi) is 11.5. The quantitative estimate of drug-likeness (QED) is 0.151. The SMILES string of the molecule is CCCCOC(=O)[C@H](C)NP(=O)(CO[C@@H]1CC[C@H](n2nnc3c(N)ncnc32)O1)N[C@@H](C)C(=O)OCCCC. The molecule has 218 valence electrons. The summed E-state index contributed by atoms with van der Waals surface area (Å²) in [7, 11) is -3.67. The number of nitrogen functional groups attached to an aromatic ring is 1. The molecule has 1 aliphatic heterocycles. The van der Waals surface area contributed by atoms with E-state index < -0.39 is 44.0 Å². The lowest BCUT2D eigenvalue weighted by molar-refractivity contribution is -0.145. The highest BCUT2D eigenvalue weighted by atomic mass is 31.2. The molecule has 39 heavy (non-hydrogen) atoms. The fourth-order valence-corrected chi connectivity index (χ4v) is 5.84. The first-order valence-corrected chi connectivity index (χ1v) is 15.1. The molecule has 0 saturated carbocycles. The van der Waals surface area contributed by atoms with Gasteiger partial charge in [-0.15, -0.1) is 5.10 Å². The minimum Gasteiger partial charge on any atom is -0.465 e. The Bertz CT molecular complexity index is 1110. The minimum atomic E-state index is -3.67. The summed E-state index contributed by atoms with van der Waals surface area (Å²) in [4.78, 5) is 32.9. The number of nitrogens with one attached hydrogen (secondary N) is 2. The molecule has 1 fully saturated rings. The molecule has 4 atom stereocenters. The van der Waals surface area contributed by atoms with Crippen molar-refractivity contribution >= 4 is 36.4 Å². The van der Waals surface area contributed by atoms with E-state index in [1.807, 2.05) is 13.8 Å². The highest BCUT2D eigenvalue weighted by Crippen LogP contribution is 2.40. The zero-order valence-electron chi connectivity index (χ0n) is 22.9.